The Morgan fingerprint density at radius 2 is 2.03 bits per heavy atom. The number of methoxy groups -OCH3 is 1. The van der Waals surface area contributed by atoms with Crippen LogP contribution < -0.4 is 9.64 Å². The molecule has 1 atom stereocenters. The fraction of sp³-hybridized carbons (Fsp3) is 0.273. The first kappa shape index (κ1) is 21.1. The number of fused-ring (bicyclic) bond motifs is 1. The van der Waals surface area contributed by atoms with Gasteiger partial charge in [0.2, 0.25) is 0 Å². The van der Waals surface area contributed by atoms with E-state index in [1.54, 1.807) is 42.4 Å². The van der Waals surface area contributed by atoms with Crippen LogP contribution in [0.15, 0.2) is 41.8 Å². The van der Waals surface area contributed by atoms with Gasteiger partial charge in [-0.1, -0.05) is 29.3 Å². The Hall–Kier alpha value is -2.12. The summed E-state index contributed by atoms with van der Waals surface area (Å²) in [4.78, 5) is 19.3. The van der Waals surface area contributed by atoms with Gasteiger partial charge in [-0.3, -0.25) is 4.79 Å². The minimum Gasteiger partial charge on any atom is -0.479 e. The maximum Gasteiger partial charge on any atom is 0.268 e. The van der Waals surface area contributed by atoms with Gasteiger partial charge in [0.05, 0.1) is 39.6 Å². The number of amides is 1. The second kappa shape index (κ2) is 8.94. The monoisotopic (exact) mass is 462 g/mol. The fourth-order valence-corrected chi connectivity index (χ4v) is 4.41. The number of carbonyl (C=O) groups is 1. The molecule has 5 nitrogen and oxygen atoms in total. The molecule has 0 aliphatic carbocycles. The van der Waals surface area contributed by atoms with E-state index in [4.69, 9.17) is 37.7 Å². The van der Waals surface area contributed by atoms with E-state index in [1.165, 1.54) is 0 Å². The Bertz CT molecular complexity index is 1090. The third-order valence-electron chi connectivity index (χ3n) is 4.86. The van der Waals surface area contributed by atoms with Gasteiger partial charge >= 0.3 is 0 Å². The molecule has 0 radical (unpaired) electrons. The molecule has 8 heteroatoms. The van der Waals surface area contributed by atoms with Crippen LogP contribution in [0, 0.1) is 0 Å². The number of carbonyl (C=O) groups excluding carboxylic acids is 1. The fourth-order valence-electron chi connectivity index (χ4n) is 3.30. The number of aromatic nitrogens is 1. The number of benzene rings is 2. The number of nitrogens with zero attached hydrogens (tertiary/aromatic N) is 2. The Balaban J connectivity index is 1.67. The van der Waals surface area contributed by atoms with E-state index < -0.39 is 6.10 Å². The van der Waals surface area contributed by atoms with Gasteiger partial charge in [-0.25, -0.2) is 4.98 Å². The number of anilines is 1. The Morgan fingerprint density at radius 1 is 1.20 bits per heavy atom. The van der Waals surface area contributed by atoms with Crippen LogP contribution in [0.4, 0.5) is 5.69 Å². The van der Waals surface area contributed by atoms with E-state index in [1.807, 2.05) is 29.6 Å². The molecule has 0 N–H and O–H groups in total. The summed E-state index contributed by atoms with van der Waals surface area (Å²) in [6, 6.07) is 11.2. The third kappa shape index (κ3) is 4.32. The van der Waals surface area contributed by atoms with Crippen molar-refractivity contribution in [2.75, 3.05) is 18.6 Å². The second-order valence-electron chi connectivity index (χ2n) is 6.98. The molecule has 4 rings (SSSR count). The molecule has 156 valence electrons. The number of thiazole rings is 1. The first-order valence-electron chi connectivity index (χ1n) is 9.46. The van der Waals surface area contributed by atoms with Gasteiger partial charge in [-0.15, -0.1) is 11.3 Å². The van der Waals surface area contributed by atoms with Crippen molar-refractivity contribution in [1.29, 1.82) is 0 Å². The first-order chi connectivity index (χ1) is 14.5. The van der Waals surface area contributed by atoms with E-state index in [-0.39, 0.29) is 5.91 Å². The molecule has 0 fully saturated rings. The summed E-state index contributed by atoms with van der Waals surface area (Å²) < 4.78 is 11.0. The summed E-state index contributed by atoms with van der Waals surface area (Å²) in [5.41, 5.74) is 3.40. The molecule has 1 aromatic heterocycles. The number of hydrogen-bond acceptors (Lipinski definition) is 5. The molecular weight excluding hydrogens is 443 g/mol. The number of halogens is 2. The third-order valence-corrected chi connectivity index (χ3v) is 6.51. The van der Waals surface area contributed by atoms with Crippen LogP contribution in [0.5, 0.6) is 5.75 Å². The van der Waals surface area contributed by atoms with Crippen molar-refractivity contribution in [2.45, 2.75) is 26.0 Å². The van der Waals surface area contributed by atoms with Crippen LogP contribution in [0.1, 0.15) is 17.5 Å². The topological polar surface area (TPSA) is 51.7 Å². The summed E-state index contributed by atoms with van der Waals surface area (Å²) in [5.74, 6) is 0.561. The average molecular weight is 463 g/mol. The summed E-state index contributed by atoms with van der Waals surface area (Å²) in [6.07, 6.45) is 0.209. The first-order valence-corrected chi connectivity index (χ1v) is 11.1. The van der Waals surface area contributed by atoms with Crippen molar-refractivity contribution in [3.05, 3.63) is 62.4 Å². The predicted molar refractivity (Wildman–Crippen MR) is 121 cm³/mol. The van der Waals surface area contributed by atoms with Gasteiger partial charge in [0.1, 0.15) is 5.75 Å². The molecular formula is C22H20Cl2N2O3S. The van der Waals surface area contributed by atoms with Crippen molar-refractivity contribution in [1.82, 2.24) is 4.98 Å². The molecule has 0 saturated heterocycles. The molecule has 1 aliphatic heterocycles. The standard InChI is InChI=1S/C22H20Cl2N2O3S/c1-13-22(27)26(11-14-3-5-16(23)17(24)9-14)19-10-15(4-6-20(19)29-13)18-12-30-21(25-18)7-8-28-2/h3-6,9-10,12-13H,7-8,11H2,1-2H3. The highest BCUT2D eigenvalue weighted by Crippen LogP contribution is 2.39. The lowest BCUT2D eigenvalue weighted by Crippen LogP contribution is -2.44. The Kier molecular flexibility index (Phi) is 6.29. The van der Waals surface area contributed by atoms with Crippen LogP contribution in [0.2, 0.25) is 10.0 Å². The number of ether oxygens (including phenoxy) is 2. The zero-order valence-corrected chi connectivity index (χ0v) is 18.9. The summed E-state index contributed by atoms with van der Waals surface area (Å²) in [6.45, 7) is 2.76. The quantitative estimate of drug-likeness (QED) is 0.476. The van der Waals surface area contributed by atoms with E-state index in [2.05, 4.69) is 0 Å². The van der Waals surface area contributed by atoms with E-state index in [9.17, 15) is 4.79 Å². The highest BCUT2D eigenvalue weighted by Gasteiger charge is 2.32. The van der Waals surface area contributed by atoms with Crippen LogP contribution >= 0.6 is 34.5 Å². The average Bonchev–Trinajstić information content (AvgIpc) is 3.21. The van der Waals surface area contributed by atoms with E-state index in [0.717, 1.165) is 28.2 Å². The van der Waals surface area contributed by atoms with Gasteiger partial charge in [0.25, 0.3) is 5.91 Å². The molecule has 1 unspecified atom stereocenters. The van der Waals surface area contributed by atoms with Gasteiger partial charge in [-0.05, 0) is 42.8 Å². The van der Waals surface area contributed by atoms with Crippen molar-refractivity contribution in [3.63, 3.8) is 0 Å². The van der Waals surface area contributed by atoms with Crippen molar-refractivity contribution < 1.29 is 14.3 Å². The molecule has 0 bridgehead atoms. The molecule has 1 amide bonds. The van der Waals surface area contributed by atoms with Crippen LogP contribution in [0.25, 0.3) is 11.3 Å². The minimum absolute atomic E-state index is 0.107. The SMILES string of the molecule is COCCc1nc(-c2ccc3c(c2)N(Cc2ccc(Cl)c(Cl)c2)C(=O)C(C)O3)cs1. The van der Waals surface area contributed by atoms with Crippen molar-refractivity contribution in [2.24, 2.45) is 0 Å². The van der Waals surface area contributed by atoms with Gasteiger partial charge < -0.3 is 14.4 Å². The second-order valence-corrected chi connectivity index (χ2v) is 8.74. The minimum atomic E-state index is -0.564. The molecule has 0 spiro atoms. The van der Waals surface area contributed by atoms with Crippen molar-refractivity contribution in [3.8, 4) is 17.0 Å². The summed E-state index contributed by atoms with van der Waals surface area (Å²) in [7, 11) is 1.68. The zero-order valence-electron chi connectivity index (χ0n) is 16.5. The lowest BCUT2D eigenvalue weighted by Gasteiger charge is -2.33. The van der Waals surface area contributed by atoms with Crippen LogP contribution in [-0.4, -0.2) is 30.7 Å². The number of hydrogen-bond donors (Lipinski definition) is 0. The predicted octanol–water partition coefficient (Wildman–Crippen LogP) is 5.62. The highest BCUT2D eigenvalue weighted by molar-refractivity contribution is 7.09. The molecule has 30 heavy (non-hydrogen) atoms. The van der Waals surface area contributed by atoms with Gasteiger partial charge in [-0.2, -0.15) is 0 Å². The molecule has 0 saturated carbocycles. The van der Waals surface area contributed by atoms with E-state index >= 15 is 0 Å². The smallest absolute Gasteiger partial charge is 0.268 e. The van der Waals surface area contributed by atoms with E-state index in [0.29, 0.717) is 34.6 Å². The maximum atomic E-state index is 12.9. The Morgan fingerprint density at radius 3 is 2.80 bits per heavy atom. The lowest BCUT2D eigenvalue weighted by molar-refractivity contribution is -0.125. The number of rotatable bonds is 6. The van der Waals surface area contributed by atoms with Crippen LogP contribution in [0.3, 0.4) is 0 Å². The maximum absolute atomic E-state index is 12.9. The van der Waals surface area contributed by atoms with Gasteiger partial charge in [0, 0.05) is 24.5 Å². The summed E-state index contributed by atoms with van der Waals surface area (Å²) >= 11 is 13.8. The normalized spacial score (nSPS) is 15.8. The molecule has 1 aliphatic rings. The zero-order chi connectivity index (χ0) is 21.3. The lowest BCUT2D eigenvalue weighted by atomic mass is 10.1. The van der Waals surface area contributed by atoms with Crippen LogP contribution in [-0.2, 0) is 22.5 Å². The summed E-state index contributed by atoms with van der Waals surface area (Å²) in [5, 5.41) is 3.98. The Labute approximate surface area is 189 Å². The van der Waals surface area contributed by atoms with Crippen molar-refractivity contribution >= 4 is 46.1 Å². The molecule has 3 aromatic rings. The molecule has 2 heterocycles. The largest absolute Gasteiger partial charge is 0.479 e. The van der Waals surface area contributed by atoms with Gasteiger partial charge in [0.15, 0.2) is 6.10 Å². The molecule has 2 aromatic carbocycles. The highest BCUT2D eigenvalue weighted by atomic mass is 35.5.